The Bertz CT molecular complexity index is 682. The van der Waals surface area contributed by atoms with Gasteiger partial charge in [0.15, 0.2) is 0 Å². The first-order valence-electron chi connectivity index (χ1n) is 6.69. The normalized spacial score (nSPS) is 13.0. The van der Waals surface area contributed by atoms with Gasteiger partial charge in [-0.1, -0.05) is 35.9 Å². The summed E-state index contributed by atoms with van der Waals surface area (Å²) in [5.41, 5.74) is 3.40. The largest absolute Gasteiger partial charge is 0.348 e. The van der Waals surface area contributed by atoms with Crippen LogP contribution in [0, 0.1) is 5.82 Å². The van der Waals surface area contributed by atoms with Gasteiger partial charge in [0.05, 0.1) is 10.6 Å². The van der Waals surface area contributed by atoms with E-state index in [0.29, 0.717) is 6.54 Å². The summed E-state index contributed by atoms with van der Waals surface area (Å²) in [7, 11) is 0. The second-order valence-electron chi connectivity index (χ2n) is 4.99. The molecule has 0 unspecified atom stereocenters. The molecule has 0 saturated heterocycles. The third kappa shape index (κ3) is 2.91. The van der Waals surface area contributed by atoms with Gasteiger partial charge in [-0.05, 0) is 28.8 Å². The Balaban J connectivity index is 1.71. The molecule has 2 aromatic carbocycles. The predicted molar refractivity (Wildman–Crippen MR) is 79.6 cm³/mol. The van der Waals surface area contributed by atoms with Gasteiger partial charge in [0, 0.05) is 19.6 Å². The zero-order chi connectivity index (χ0) is 14.8. The van der Waals surface area contributed by atoms with Crippen molar-refractivity contribution in [1.29, 1.82) is 0 Å². The summed E-state index contributed by atoms with van der Waals surface area (Å²) < 4.78 is 13.7. The number of amides is 1. The van der Waals surface area contributed by atoms with Crippen LogP contribution in [0.3, 0.4) is 0 Å². The van der Waals surface area contributed by atoms with Gasteiger partial charge in [0.1, 0.15) is 5.82 Å². The molecule has 3 nitrogen and oxygen atoms in total. The van der Waals surface area contributed by atoms with Crippen molar-refractivity contribution in [3.05, 3.63) is 69.5 Å². The van der Waals surface area contributed by atoms with Crippen LogP contribution in [-0.2, 0) is 19.6 Å². The van der Waals surface area contributed by atoms with Crippen molar-refractivity contribution < 1.29 is 9.18 Å². The molecule has 0 saturated carbocycles. The molecule has 1 aliphatic rings. The standard InChI is InChI=1S/C16H14ClFN2O/c17-13-2-1-3-14(18)15(13)16(21)20-7-10-4-5-11-8-19-9-12(11)6-10/h1-6,19H,7-9H2,(H,20,21). The first kappa shape index (κ1) is 14.0. The molecule has 0 atom stereocenters. The maximum atomic E-state index is 13.7. The molecule has 5 heteroatoms. The Morgan fingerprint density at radius 3 is 2.86 bits per heavy atom. The minimum Gasteiger partial charge on any atom is -0.348 e. The zero-order valence-corrected chi connectivity index (χ0v) is 12.0. The van der Waals surface area contributed by atoms with E-state index in [-0.39, 0.29) is 10.6 Å². The summed E-state index contributed by atoms with van der Waals surface area (Å²) in [4.78, 5) is 12.0. The number of benzene rings is 2. The molecule has 2 aromatic rings. The van der Waals surface area contributed by atoms with Crippen LogP contribution >= 0.6 is 11.6 Å². The molecular weight excluding hydrogens is 291 g/mol. The van der Waals surface area contributed by atoms with Gasteiger partial charge in [0.2, 0.25) is 0 Å². The number of carbonyl (C=O) groups excluding carboxylic acids is 1. The van der Waals surface area contributed by atoms with Gasteiger partial charge in [-0.2, -0.15) is 0 Å². The van der Waals surface area contributed by atoms with Gasteiger partial charge in [-0.15, -0.1) is 0 Å². The Kier molecular flexibility index (Phi) is 3.90. The molecule has 0 fully saturated rings. The van der Waals surface area contributed by atoms with Crippen LogP contribution in [-0.4, -0.2) is 5.91 Å². The minimum atomic E-state index is -0.613. The zero-order valence-electron chi connectivity index (χ0n) is 11.2. The Labute approximate surface area is 127 Å². The lowest BCUT2D eigenvalue weighted by atomic mass is 10.1. The highest BCUT2D eigenvalue weighted by Crippen LogP contribution is 2.20. The average molecular weight is 305 g/mol. The Morgan fingerprint density at radius 1 is 1.24 bits per heavy atom. The van der Waals surface area contributed by atoms with E-state index in [4.69, 9.17) is 11.6 Å². The van der Waals surface area contributed by atoms with Gasteiger partial charge in [-0.3, -0.25) is 4.79 Å². The molecule has 0 aromatic heterocycles. The topological polar surface area (TPSA) is 41.1 Å². The van der Waals surface area contributed by atoms with Crippen LogP contribution in [0.1, 0.15) is 27.0 Å². The second-order valence-corrected chi connectivity index (χ2v) is 5.39. The van der Waals surface area contributed by atoms with Crippen LogP contribution in [0.15, 0.2) is 36.4 Å². The molecule has 21 heavy (non-hydrogen) atoms. The van der Waals surface area contributed by atoms with Gasteiger partial charge in [-0.25, -0.2) is 4.39 Å². The van der Waals surface area contributed by atoms with Crippen molar-refractivity contribution in [2.24, 2.45) is 0 Å². The lowest BCUT2D eigenvalue weighted by Gasteiger charge is -2.09. The van der Waals surface area contributed by atoms with Crippen LogP contribution in [0.2, 0.25) is 5.02 Å². The summed E-state index contributed by atoms with van der Waals surface area (Å²) in [5, 5.41) is 6.09. The number of hydrogen-bond donors (Lipinski definition) is 2. The molecule has 0 aliphatic carbocycles. The first-order valence-corrected chi connectivity index (χ1v) is 7.06. The number of nitrogens with one attached hydrogen (secondary N) is 2. The van der Waals surface area contributed by atoms with Crippen molar-refractivity contribution in [3.8, 4) is 0 Å². The van der Waals surface area contributed by atoms with Crippen molar-refractivity contribution >= 4 is 17.5 Å². The number of hydrogen-bond acceptors (Lipinski definition) is 2. The van der Waals surface area contributed by atoms with Crippen molar-refractivity contribution in [3.63, 3.8) is 0 Å². The molecule has 2 N–H and O–H groups in total. The van der Waals surface area contributed by atoms with E-state index in [0.717, 1.165) is 18.7 Å². The summed E-state index contributed by atoms with van der Waals surface area (Å²) >= 11 is 5.87. The SMILES string of the molecule is O=C(NCc1ccc2c(c1)CNC2)c1c(F)cccc1Cl. The fourth-order valence-electron chi connectivity index (χ4n) is 2.44. The van der Waals surface area contributed by atoms with Gasteiger partial charge < -0.3 is 10.6 Å². The first-order chi connectivity index (χ1) is 10.1. The van der Waals surface area contributed by atoms with Crippen LogP contribution in [0.4, 0.5) is 4.39 Å². The van der Waals surface area contributed by atoms with E-state index in [9.17, 15) is 9.18 Å². The van der Waals surface area contributed by atoms with Crippen LogP contribution in [0.25, 0.3) is 0 Å². The fourth-order valence-corrected chi connectivity index (χ4v) is 2.69. The summed E-state index contributed by atoms with van der Waals surface area (Å²) in [5.74, 6) is -1.12. The summed E-state index contributed by atoms with van der Waals surface area (Å²) in [6.45, 7) is 2.07. The van der Waals surface area contributed by atoms with E-state index >= 15 is 0 Å². The molecule has 1 aliphatic heterocycles. The molecular formula is C16H14ClFN2O. The van der Waals surface area contributed by atoms with E-state index in [1.165, 1.54) is 29.3 Å². The lowest BCUT2D eigenvalue weighted by Crippen LogP contribution is -2.24. The monoisotopic (exact) mass is 304 g/mol. The molecule has 108 valence electrons. The van der Waals surface area contributed by atoms with E-state index in [2.05, 4.69) is 16.7 Å². The fraction of sp³-hybridized carbons (Fsp3) is 0.188. The number of rotatable bonds is 3. The molecule has 0 bridgehead atoms. The molecule has 0 spiro atoms. The quantitative estimate of drug-likeness (QED) is 0.915. The molecule has 3 rings (SSSR count). The van der Waals surface area contributed by atoms with Crippen molar-refractivity contribution in [2.75, 3.05) is 0 Å². The highest BCUT2D eigenvalue weighted by Gasteiger charge is 2.16. The number of fused-ring (bicyclic) bond motifs is 1. The predicted octanol–water partition coefficient (Wildman–Crippen LogP) is 3.01. The maximum absolute atomic E-state index is 13.7. The third-order valence-corrected chi connectivity index (χ3v) is 3.86. The van der Waals surface area contributed by atoms with Crippen LogP contribution < -0.4 is 10.6 Å². The Hall–Kier alpha value is -1.91. The minimum absolute atomic E-state index is 0.109. The smallest absolute Gasteiger partial charge is 0.256 e. The van der Waals surface area contributed by atoms with E-state index in [1.54, 1.807) is 0 Å². The number of carbonyl (C=O) groups is 1. The summed E-state index contributed by atoms with van der Waals surface area (Å²) in [6, 6.07) is 10.3. The molecule has 1 heterocycles. The van der Waals surface area contributed by atoms with E-state index < -0.39 is 11.7 Å². The highest BCUT2D eigenvalue weighted by molar-refractivity contribution is 6.33. The number of halogens is 2. The second kappa shape index (κ2) is 5.84. The lowest BCUT2D eigenvalue weighted by molar-refractivity contribution is 0.0947. The van der Waals surface area contributed by atoms with E-state index in [1.807, 2.05) is 12.1 Å². The van der Waals surface area contributed by atoms with Gasteiger partial charge >= 0.3 is 0 Å². The maximum Gasteiger partial charge on any atom is 0.256 e. The third-order valence-electron chi connectivity index (χ3n) is 3.54. The Morgan fingerprint density at radius 2 is 2.05 bits per heavy atom. The summed E-state index contributed by atoms with van der Waals surface area (Å²) in [6.07, 6.45) is 0. The van der Waals surface area contributed by atoms with Gasteiger partial charge in [0.25, 0.3) is 5.91 Å². The van der Waals surface area contributed by atoms with Crippen molar-refractivity contribution in [2.45, 2.75) is 19.6 Å². The highest BCUT2D eigenvalue weighted by atomic mass is 35.5. The average Bonchev–Trinajstić information content (AvgIpc) is 2.92. The van der Waals surface area contributed by atoms with Crippen molar-refractivity contribution in [1.82, 2.24) is 10.6 Å². The molecule has 0 radical (unpaired) electrons. The molecule has 1 amide bonds. The van der Waals surface area contributed by atoms with Crippen LogP contribution in [0.5, 0.6) is 0 Å².